The molecule has 23 heavy (non-hydrogen) atoms. The van der Waals surface area contributed by atoms with E-state index < -0.39 is 6.17 Å². The van der Waals surface area contributed by atoms with E-state index in [-0.39, 0.29) is 17.2 Å². The first-order valence-corrected chi connectivity index (χ1v) is 9.35. The quantitative estimate of drug-likeness (QED) is 0.824. The lowest BCUT2D eigenvalue weighted by molar-refractivity contribution is -0.120. The summed E-state index contributed by atoms with van der Waals surface area (Å²) in [6.07, 6.45) is 2.34. The Kier molecular flexibility index (Phi) is 6.47. The zero-order valence-electron chi connectivity index (χ0n) is 14.3. The fraction of sp³-hybridized carbons (Fsp3) is 0.750. The maximum Gasteiger partial charge on any atom is 0.233 e. The van der Waals surface area contributed by atoms with E-state index in [2.05, 4.69) is 15.4 Å². The Labute approximate surface area is 141 Å². The number of aryl methyl sites for hydroxylation is 2. The smallest absolute Gasteiger partial charge is 0.233 e. The third-order valence-electron chi connectivity index (χ3n) is 4.48. The molecule has 0 radical (unpaired) electrons. The zero-order chi connectivity index (χ0) is 17.0. The molecule has 130 valence electrons. The van der Waals surface area contributed by atoms with Gasteiger partial charge in [-0.2, -0.15) is 11.8 Å². The highest BCUT2D eigenvalue weighted by molar-refractivity contribution is 7.99. The molecule has 0 aromatic carbocycles. The van der Waals surface area contributed by atoms with Gasteiger partial charge in [0.1, 0.15) is 11.9 Å². The molecule has 0 saturated carbocycles. The van der Waals surface area contributed by atoms with Crippen LogP contribution in [0.5, 0.6) is 0 Å². The Morgan fingerprint density at radius 1 is 1.57 bits per heavy atom. The molecule has 0 unspecified atom stereocenters. The summed E-state index contributed by atoms with van der Waals surface area (Å²) in [5.41, 5.74) is 1.87. The highest BCUT2D eigenvalue weighted by Gasteiger charge is 2.33. The molecule has 1 aliphatic heterocycles. The van der Waals surface area contributed by atoms with Gasteiger partial charge >= 0.3 is 0 Å². The fourth-order valence-electron chi connectivity index (χ4n) is 3.05. The van der Waals surface area contributed by atoms with E-state index in [9.17, 15) is 9.18 Å². The van der Waals surface area contributed by atoms with E-state index in [4.69, 9.17) is 4.52 Å². The molecule has 2 heterocycles. The zero-order valence-corrected chi connectivity index (χ0v) is 15.1. The summed E-state index contributed by atoms with van der Waals surface area (Å²) in [5, 5.41) is 6.90. The topological polar surface area (TPSA) is 58.4 Å². The van der Waals surface area contributed by atoms with Crippen LogP contribution in [0.25, 0.3) is 0 Å². The average molecular weight is 343 g/mol. The molecule has 1 fully saturated rings. The number of carbonyl (C=O) groups excluding carboxylic acids is 1. The number of hydrogen-bond donors (Lipinski definition) is 1. The van der Waals surface area contributed by atoms with Crippen molar-refractivity contribution in [2.24, 2.45) is 0 Å². The molecule has 1 N–H and O–H groups in total. The lowest BCUT2D eigenvalue weighted by Gasteiger charge is -2.25. The molecule has 0 spiro atoms. The first-order valence-electron chi connectivity index (χ1n) is 8.06. The van der Waals surface area contributed by atoms with Gasteiger partial charge in [-0.25, -0.2) is 4.39 Å². The van der Waals surface area contributed by atoms with Crippen LogP contribution >= 0.6 is 11.8 Å². The number of nitrogens with one attached hydrogen (secondary N) is 1. The van der Waals surface area contributed by atoms with Crippen LogP contribution < -0.4 is 5.32 Å². The largest absolute Gasteiger partial charge is 0.361 e. The SMILES string of the molecule is CC[C@H](SC)C(=O)NC[C@@H]1C[C@H](F)CN1Cc1c(C)noc1C. The van der Waals surface area contributed by atoms with Crippen LogP contribution in [-0.2, 0) is 11.3 Å². The second-order valence-corrected chi connectivity index (χ2v) is 7.14. The van der Waals surface area contributed by atoms with Gasteiger partial charge in [0.2, 0.25) is 5.91 Å². The predicted octanol–water partition coefficient (Wildman–Crippen LogP) is 2.46. The fourth-order valence-corrected chi connectivity index (χ4v) is 3.68. The minimum atomic E-state index is -0.847. The van der Waals surface area contributed by atoms with Gasteiger partial charge in [0, 0.05) is 31.2 Å². The Morgan fingerprint density at radius 3 is 2.87 bits per heavy atom. The molecule has 2 rings (SSSR count). The van der Waals surface area contributed by atoms with Crippen molar-refractivity contribution in [3.63, 3.8) is 0 Å². The highest BCUT2D eigenvalue weighted by Crippen LogP contribution is 2.25. The lowest BCUT2D eigenvalue weighted by atomic mass is 10.1. The molecule has 1 saturated heterocycles. The van der Waals surface area contributed by atoms with Gasteiger partial charge in [0.25, 0.3) is 0 Å². The maximum atomic E-state index is 13.9. The molecule has 0 bridgehead atoms. The van der Waals surface area contributed by atoms with Crippen molar-refractivity contribution in [3.8, 4) is 0 Å². The highest BCUT2D eigenvalue weighted by atomic mass is 32.2. The summed E-state index contributed by atoms with van der Waals surface area (Å²) in [4.78, 5) is 14.2. The van der Waals surface area contributed by atoms with Crippen LogP contribution in [-0.4, -0.2) is 52.8 Å². The van der Waals surface area contributed by atoms with E-state index >= 15 is 0 Å². The second kappa shape index (κ2) is 8.15. The molecule has 1 aliphatic rings. The standard InChI is InChI=1S/C16H26FN3O2S/c1-5-15(23-4)16(21)18-7-13-6-12(17)8-20(13)9-14-10(2)19-22-11(14)3/h12-13,15H,5-9H2,1-4H3,(H,18,21)/t12-,13-,15-/m0/s1. The molecule has 0 aliphatic carbocycles. The van der Waals surface area contributed by atoms with E-state index in [1.807, 2.05) is 27.0 Å². The molecule has 1 aromatic heterocycles. The number of nitrogens with zero attached hydrogens (tertiary/aromatic N) is 2. The monoisotopic (exact) mass is 343 g/mol. The number of halogens is 1. The van der Waals surface area contributed by atoms with Crippen molar-refractivity contribution < 1.29 is 13.7 Å². The average Bonchev–Trinajstić information content (AvgIpc) is 3.03. The van der Waals surface area contributed by atoms with Crippen molar-refractivity contribution in [1.82, 2.24) is 15.4 Å². The van der Waals surface area contributed by atoms with E-state index in [0.717, 1.165) is 23.4 Å². The number of thioether (sulfide) groups is 1. The van der Waals surface area contributed by atoms with Crippen LogP contribution in [0.1, 0.15) is 36.8 Å². The molecule has 7 heteroatoms. The van der Waals surface area contributed by atoms with Gasteiger partial charge in [0.05, 0.1) is 10.9 Å². The van der Waals surface area contributed by atoms with Gasteiger partial charge in [-0.05, 0) is 32.9 Å². The van der Waals surface area contributed by atoms with Gasteiger partial charge in [0.15, 0.2) is 0 Å². The maximum absolute atomic E-state index is 13.9. The Bertz CT molecular complexity index is 514. The van der Waals surface area contributed by atoms with Gasteiger partial charge < -0.3 is 9.84 Å². The van der Waals surface area contributed by atoms with Crippen molar-refractivity contribution in [2.75, 3.05) is 19.3 Å². The summed E-state index contributed by atoms with van der Waals surface area (Å²) < 4.78 is 19.1. The summed E-state index contributed by atoms with van der Waals surface area (Å²) in [6, 6.07) is 0.0158. The molecular formula is C16H26FN3O2S. The van der Waals surface area contributed by atoms with Crippen LogP contribution in [0, 0.1) is 13.8 Å². The summed E-state index contributed by atoms with van der Waals surface area (Å²) in [6.45, 7) is 7.26. The molecule has 1 amide bonds. The second-order valence-electron chi connectivity index (χ2n) is 6.10. The van der Waals surface area contributed by atoms with Crippen LogP contribution in [0.15, 0.2) is 4.52 Å². The summed E-state index contributed by atoms with van der Waals surface area (Å²) in [5.74, 6) is 0.820. The number of rotatable bonds is 7. The first kappa shape index (κ1) is 18.3. The van der Waals surface area contributed by atoms with Crippen molar-refractivity contribution >= 4 is 17.7 Å². The van der Waals surface area contributed by atoms with Crippen molar-refractivity contribution in [1.29, 1.82) is 0 Å². The van der Waals surface area contributed by atoms with Crippen molar-refractivity contribution in [2.45, 2.75) is 57.6 Å². The minimum absolute atomic E-state index is 0.0158. The third kappa shape index (κ3) is 4.47. The minimum Gasteiger partial charge on any atom is -0.361 e. The van der Waals surface area contributed by atoms with Gasteiger partial charge in [-0.3, -0.25) is 9.69 Å². The van der Waals surface area contributed by atoms with E-state index in [0.29, 0.717) is 26.1 Å². The van der Waals surface area contributed by atoms with Gasteiger partial charge in [-0.1, -0.05) is 12.1 Å². The Hall–Kier alpha value is -1.08. The summed E-state index contributed by atoms with van der Waals surface area (Å²) in [7, 11) is 0. The first-order chi connectivity index (χ1) is 11.0. The van der Waals surface area contributed by atoms with Gasteiger partial charge in [-0.15, -0.1) is 0 Å². The van der Waals surface area contributed by atoms with Crippen LogP contribution in [0.3, 0.4) is 0 Å². The predicted molar refractivity (Wildman–Crippen MR) is 90.3 cm³/mol. The molecular weight excluding hydrogens is 317 g/mol. The van der Waals surface area contributed by atoms with Crippen molar-refractivity contribution in [3.05, 3.63) is 17.0 Å². The molecule has 5 nitrogen and oxygen atoms in total. The number of alkyl halides is 1. The van der Waals surface area contributed by atoms with E-state index in [1.165, 1.54) is 0 Å². The van der Waals surface area contributed by atoms with Crippen LogP contribution in [0.2, 0.25) is 0 Å². The van der Waals surface area contributed by atoms with E-state index in [1.54, 1.807) is 11.8 Å². The number of carbonyl (C=O) groups is 1. The number of aromatic nitrogens is 1. The third-order valence-corrected chi connectivity index (χ3v) is 5.60. The Balaban J connectivity index is 1.96. The number of likely N-dealkylation sites (tertiary alicyclic amines) is 1. The lowest BCUT2D eigenvalue weighted by Crippen LogP contribution is -2.42. The number of amides is 1. The normalized spacial score (nSPS) is 23.2. The molecule has 3 atom stereocenters. The van der Waals surface area contributed by atoms with Crippen LogP contribution in [0.4, 0.5) is 4.39 Å². The number of hydrogen-bond acceptors (Lipinski definition) is 5. The summed E-state index contributed by atoms with van der Waals surface area (Å²) >= 11 is 1.55. The molecule has 1 aromatic rings. The Morgan fingerprint density at radius 2 is 2.30 bits per heavy atom.